The zero-order valence-electron chi connectivity index (χ0n) is 7.62. The molecule has 1 unspecified atom stereocenters. The van der Waals surface area contributed by atoms with Crippen LogP contribution >= 0.6 is 0 Å². The van der Waals surface area contributed by atoms with Gasteiger partial charge in [-0.1, -0.05) is 6.08 Å². The van der Waals surface area contributed by atoms with Gasteiger partial charge in [0, 0.05) is 6.54 Å². The van der Waals surface area contributed by atoms with Crippen molar-refractivity contribution >= 4 is 0 Å². The standard InChI is InChI=1S/C8H17NO3/c1-3-7(2)8(10)6-12-11-5-4-9/h3,8,10H,4-6,9H2,1-2H3. The van der Waals surface area contributed by atoms with Crippen LogP contribution in [0.5, 0.6) is 0 Å². The fourth-order valence-corrected chi connectivity index (χ4v) is 0.543. The molecule has 0 aliphatic carbocycles. The van der Waals surface area contributed by atoms with Crippen LogP contribution in [-0.4, -0.2) is 31.0 Å². The van der Waals surface area contributed by atoms with Crippen LogP contribution in [0.25, 0.3) is 0 Å². The zero-order chi connectivity index (χ0) is 9.40. The number of hydrogen-bond donors (Lipinski definition) is 2. The molecule has 0 heterocycles. The lowest BCUT2D eigenvalue weighted by molar-refractivity contribution is -0.300. The molecule has 1 atom stereocenters. The smallest absolute Gasteiger partial charge is 0.112 e. The maximum atomic E-state index is 9.31. The van der Waals surface area contributed by atoms with Gasteiger partial charge in [0.05, 0.1) is 6.61 Å². The fourth-order valence-electron chi connectivity index (χ4n) is 0.543. The summed E-state index contributed by atoms with van der Waals surface area (Å²) in [5, 5.41) is 9.31. The van der Waals surface area contributed by atoms with E-state index in [0.717, 1.165) is 5.57 Å². The van der Waals surface area contributed by atoms with Crippen LogP contribution in [0.15, 0.2) is 11.6 Å². The number of aliphatic hydroxyl groups excluding tert-OH is 1. The average Bonchev–Trinajstić information content (AvgIpc) is 2.10. The Labute approximate surface area is 72.9 Å². The van der Waals surface area contributed by atoms with Crippen molar-refractivity contribution in [2.45, 2.75) is 20.0 Å². The Morgan fingerprint density at radius 1 is 1.58 bits per heavy atom. The van der Waals surface area contributed by atoms with Gasteiger partial charge in [0.15, 0.2) is 0 Å². The second-order valence-corrected chi connectivity index (χ2v) is 2.44. The summed E-state index contributed by atoms with van der Waals surface area (Å²) in [6, 6.07) is 0. The number of rotatable bonds is 6. The minimum absolute atomic E-state index is 0.149. The van der Waals surface area contributed by atoms with Gasteiger partial charge in [-0.15, -0.1) is 0 Å². The Balaban J connectivity index is 3.37. The number of aliphatic hydroxyl groups is 1. The molecular weight excluding hydrogens is 158 g/mol. The Kier molecular flexibility index (Phi) is 6.99. The Morgan fingerprint density at radius 3 is 2.75 bits per heavy atom. The van der Waals surface area contributed by atoms with Crippen molar-refractivity contribution in [1.29, 1.82) is 0 Å². The van der Waals surface area contributed by atoms with Crippen molar-refractivity contribution in [3.63, 3.8) is 0 Å². The first kappa shape index (κ1) is 11.6. The molecule has 0 saturated heterocycles. The summed E-state index contributed by atoms with van der Waals surface area (Å²) in [6.07, 6.45) is 1.24. The second kappa shape index (κ2) is 7.24. The second-order valence-electron chi connectivity index (χ2n) is 2.44. The van der Waals surface area contributed by atoms with E-state index in [1.807, 2.05) is 19.9 Å². The lowest BCUT2D eigenvalue weighted by atomic mass is 10.2. The lowest BCUT2D eigenvalue weighted by Crippen LogP contribution is -2.18. The zero-order valence-corrected chi connectivity index (χ0v) is 7.62. The molecule has 0 rings (SSSR count). The van der Waals surface area contributed by atoms with E-state index in [4.69, 9.17) is 5.73 Å². The first-order chi connectivity index (χ1) is 5.72. The molecule has 0 aromatic carbocycles. The van der Waals surface area contributed by atoms with Crippen molar-refractivity contribution < 1.29 is 14.9 Å². The van der Waals surface area contributed by atoms with E-state index < -0.39 is 6.10 Å². The van der Waals surface area contributed by atoms with Gasteiger partial charge in [-0.3, -0.25) is 0 Å². The third-order valence-corrected chi connectivity index (χ3v) is 1.49. The molecule has 0 bridgehead atoms. The Bertz CT molecular complexity index is 136. The van der Waals surface area contributed by atoms with E-state index in [1.165, 1.54) is 0 Å². The molecule has 0 saturated carbocycles. The highest BCUT2D eigenvalue weighted by atomic mass is 17.2. The molecule has 0 radical (unpaired) electrons. The first-order valence-corrected chi connectivity index (χ1v) is 3.97. The van der Waals surface area contributed by atoms with E-state index >= 15 is 0 Å². The maximum Gasteiger partial charge on any atom is 0.112 e. The molecule has 72 valence electrons. The van der Waals surface area contributed by atoms with E-state index in [9.17, 15) is 5.11 Å². The van der Waals surface area contributed by atoms with Crippen LogP contribution < -0.4 is 5.73 Å². The third kappa shape index (κ3) is 5.26. The van der Waals surface area contributed by atoms with Gasteiger partial charge >= 0.3 is 0 Å². The maximum absolute atomic E-state index is 9.31. The number of nitrogens with two attached hydrogens (primary N) is 1. The molecule has 12 heavy (non-hydrogen) atoms. The monoisotopic (exact) mass is 175 g/mol. The predicted octanol–water partition coefficient (Wildman–Crippen LogP) is 0.220. The normalized spacial score (nSPS) is 14.8. The Hall–Kier alpha value is -0.420. The third-order valence-electron chi connectivity index (χ3n) is 1.49. The highest BCUT2D eigenvalue weighted by Gasteiger charge is 2.05. The molecule has 0 aliphatic rings. The summed E-state index contributed by atoms with van der Waals surface area (Å²) >= 11 is 0. The van der Waals surface area contributed by atoms with Gasteiger partial charge in [-0.2, -0.15) is 0 Å². The van der Waals surface area contributed by atoms with Crippen LogP contribution in [0, 0.1) is 0 Å². The van der Waals surface area contributed by atoms with Gasteiger partial charge in [-0.05, 0) is 19.4 Å². The van der Waals surface area contributed by atoms with Crippen LogP contribution in [0.1, 0.15) is 13.8 Å². The number of hydrogen-bond acceptors (Lipinski definition) is 4. The van der Waals surface area contributed by atoms with E-state index in [-0.39, 0.29) is 6.61 Å². The van der Waals surface area contributed by atoms with Gasteiger partial charge in [-0.25, -0.2) is 9.78 Å². The summed E-state index contributed by atoms with van der Waals surface area (Å²) in [5.41, 5.74) is 6.02. The summed E-state index contributed by atoms with van der Waals surface area (Å²) in [7, 11) is 0. The molecule has 0 aromatic heterocycles. The van der Waals surface area contributed by atoms with Crippen molar-refractivity contribution in [3.05, 3.63) is 11.6 Å². The lowest BCUT2D eigenvalue weighted by Gasteiger charge is -2.10. The largest absolute Gasteiger partial charge is 0.386 e. The van der Waals surface area contributed by atoms with Crippen LogP contribution in [0.2, 0.25) is 0 Å². The molecule has 3 N–H and O–H groups in total. The highest BCUT2D eigenvalue weighted by molar-refractivity contribution is 5.02. The quantitative estimate of drug-likeness (QED) is 0.262. The summed E-state index contributed by atoms with van der Waals surface area (Å²) < 4.78 is 0. The predicted molar refractivity (Wildman–Crippen MR) is 46.4 cm³/mol. The molecule has 0 spiro atoms. The first-order valence-electron chi connectivity index (χ1n) is 3.97. The van der Waals surface area contributed by atoms with Crippen molar-refractivity contribution in [3.8, 4) is 0 Å². The molecule has 0 aromatic rings. The topological polar surface area (TPSA) is 64.7 Å². The number of allylic oxidation sites excluding steroid dienone is 1. The van der Waals surface area contributed by atoms with Crippen molar-refractivity contribution in [1.82, 2.24) is 0 Å². The highest BCUT2D eigenvalue weighted by Crippen LogP contribution is 2.00. The minimum Gasteiger partial charge on any atom is -0.386 e. The average molecular weight is 175 g/mol. The minimum atomic E-state index is -0.590. The van der Waals surface area contributed by atoms with E-state index in [2.05, 4.69) is 9.78 Å². The van der Waals surface area contributed by atoms with Crippen LogP contribution in [-0.2, 0) is 9.78 Å². The SMILES string of the molecule is CC=C(C)C(O)COOCCN. The van der Waals surface area contributed by atoms with Gasteiger partial charge in [0.2, 0.25) is 0 Å². The van der Waals surface area contributed by atoms with Crippen LogP contribution in [0.3, 0.4) is 0 Å². The molecule has 4 nitrogen and oxygen atoms in total. The van der Waals surface area contributed by atoms with E-state index in [1.54, 1.807) is 0 Å². The van der Waals surface area contributed by atoms with Gasteiger partial charge < -0.3 is 10.8 Å². The van der Waals surface area contributed by atoms with Gasteiger partial charge in [0.25, 0.3) is 0 Å². The van der Waals surface area contributed by atoms with Gasteiger partial charge in [0.1, 0.15) is 12.7 Å². The van der Waals surface area contributed by atoms with Crippen LogP contribution in [0.4, 0.5) is 0 Å². The molecule has 0 fully saturated rings. The van der Waals surface area contributed by atoms with Crippen molar-refractivity contribution in [2.24, 2.45) is 5.73 Å². The van der Waals surface area contributed by atoms with E-state index in [0.29, 0.717) is 13.2 Å². The summed E-state index contributed by atoms with van der Waals surface area (Å²) in [6.45, 7) is 4.60. The molecule has 0 aliphatic heterocycles. The Morgan fingerprint density at radius 2 is 2.25 bits per heavy atom. The summed E-state index contributed by atoms with van der Waals surface area (Å²) in [4.78, 5) is 9.32. The molecule has 4 heteroatoms. The summed E-state index contributed by atoms with van der Waals surface area (Å²) in [5.74, 6) is 0. The molecular formula is C8H17NO3. The molecule has 0 amide bonds. The fraction of sp³-hybridized carbons (Fsp3) is 0.750. The van der Waals surface area contributed by atoms with Crippen molar-refractivity contribution in [2.75, 3.05) is 19.8 Å².